The maximum absolute atomic E-state index is 10.3. The zero-order valence-electron chi connectivity index (χ0n) is 13.2. The molecule has 1 aromatic carbocycles. The second kappa shape index (κ2) is 8.20. The monoisotopic (exact) mass is 338 g/mol. The fourth-order valence-corrected chi connectivity index (χ4v) is 2.96. The molecule has 0 amide bonds. The van der Waals surface area contributed by atoms with E-state index in [0.717, 1.165) is 0 Å². The second-order valence-electron chi connectivity index (χ2n) is 5.55. The minimum Gasteiger partial charge on any atom is -0.504 e. The zero-order chi connectivity index (χ0) is 17.6. The lowest BCUT2D eigenvalue weighted by atomic mass is 9.71. The van der Waals surface area contributed by atoms with Crippen LogP contribution in [-0.4, -0.2) is 33.6 Å². The van der Waals surface area contributed by atoms with Gasteiger partial charge < -0.3 is 20.4 Å². The van der Waals surface area contributed by atoms with Crippen molar-refractivity contribution in [2.24, 2.45) is 0 Å². The van der Waals surface area contributed by atoms with Crippen LogP contribution >= 0.6 is 11.6 Å². The summed E-state index contributed by atoms with van der Waals surface area (Å²) >= 11 is 6.02. The van der Waals surface area contributed by atoms with E-state index in [2.05, 4.69) is 13.2 Å². The van der Waals surface area contributed by atoms with E-state index in [1.807, 2.05) is 0 Å². The lowest BCUT2D eigenvalue weighted by molar-refractivity contribution is 0.148. The Hall–Kier alpha value is -1.75. The van der Waals surface area contributed by atoms with Crippen LogP contribution in [0.3, 0.4) is 0 Å². The molecule has 23 heavy (non-hydrogen) atoms. The minimum atomic E-state index is -1.01. The van der Waals surface area contributed by atoms with Gasteiger partial charge in [0.25, 0.3) is 0 Å². The van der Waals surface area contributed by atoms with Crippen LogP contribution in [-0.2, 0) is 5.41 Å². The first-order chi connectivity index (χ1) is 10.8. The van der Waals surface area contributed by atoms with Crippen LogP contribution in [0.5, 0.6) is 11.5 Å². The Morgan fingerprint density at radius 3 is 2.43 bits per heavy atom. The molecule has 0 bridgehead atoms. The number of allylic oxidation sites excluding steroid dienone is 4. The number of aliphatic hydroxyl groups is 2. The van der Waals surface area contributed by atoms with E-state index < -0.39 is 5.41 Å². The van der Waals surface area contributed by atoms with Crippen molar-refractivity contribution >= 4 is 11.6 Å². The van der Waals surface area contributed by atoms with Crippen LogP contribution in [0.1, 0.15) is 24.0 Å². The summed E-state index contributed by atoms with van der Waals surface area (Å²) in [7, 11) is 0. The topological polar surface area (TPSA) is 80.9 Å². The first-order valence-electron chi connectivity index (χ1n) is 7.23. The quantitative estimate of drug-likeness (QED) is 0.433. The fourth-order valence-electron chi connectivity index (χ4n) is 2.83. The lowest BCUT2D eigenvalue weighted by Gasteiger charge is -2.35. The number of phenols is 2. The van der Waals surface area contributed by atoms with E-state index in [4.69, 9.17) is 11.6 Å². The van der Waals surface area contributed by atoms with Gasteiger partial charge in [-0.3, -0.25) is 0 Å². The smallest absolute Gasteiger partial charge is 0.161 e. The molecule has 0 fully saturated rings. The van der Waals surface area contributed by atoms with Gasteiger partial charge in [-0.15, -0.1) is 0 Å². The SMILES string of the molecule is C=C/C=C(/CC(CO)(CCO)c1c(C)ccc(O)c1O)C(=C)Cl. The van der Waals surface area contributed by atoms with Gasteiger partial charge in [0.05, 0.1) is 6.61 Å². The van der Waals surface area contributed by atoms with Gasteiger partial charge in [0.15, 0.2) is 11.5 Å². The molecule has 4 N–H and O–H groups in total. The fraction of sp³-hybridized carbons (Fsp3) is 0.333. The van der Waals surface area contributed by atoms with Crippen molar-refractivity contribution in [1.29, 1.82) is 0 Å². The Kier molecular flexibility index (Phi) is 6.88. The molecule has 0 aliphatic rings. The highest BCUT2D eigenvalue weighted by molar-refractivity contribution is 6.31. The van der Waals surface area contributed by atoms with Crippen LogP contribution in [0, 0.1) is 6.92 Å². The molecule has 1 atom stereocenters. The summed E-state index contributed by atoms with van der Waals surface area (Å²) in [5.41, 5.74) is 0.711. The first kappa shape index (κ1) is 19.3. The maximum Gasteiger partial charge on any atom is 0.161 e. The van der Waals surface area contributed by atoms with Crippen LogP contribution in [0.2, 0.25) is 0 Å². The van der Waals surface area contributed by atoms with Gasteiger partial charge in [0, 0.05) is 22.6 Å². The Morgan fingerprint density at radius 2 is 1.96 bits per heavy atom. The molecule has 5 heteroatoms. The van der Waals surface area contributed by atoms with Crippen LogP contribution in [0.4, 0.5) is 0 Å². The number of halogens is 1. The van der Waals surface area contributed by atoms with E-state index in [-0.39, 0.29) is 42.6 Å². The molecule has 0 radical (unpaired) electrons. The maximum atomic E-state index is 10.3. The van der Waals surface area contributed by atoms with Gasteiger partial charge in [0.2, 0.25) is 0 Å². The molecule has 4 nitrogen and oxygen atoms in total. The third-order valence-corrected chi connectivity index (χ3v) is 4.23. The predicted octanol–water partition coefficient (Wildman–Crippen LogP) is 3.27. The number of benzene rings is 1. The van der Waals surface area contributed by atoms with E-state index in [1.165, 1.54) is 6.07 Å². The molecule has 0 aromatic heterocycles. The summed E-state index contributed by atoms with van der Waals surface area (Å²) in [6.07, 6.45) is 3.64. The highest BCUT2D eigenvalue weighted by Gasteiger charge is 2.37. The van der Waals surface area contributed by atoms with Crippen molar-refractivity contribution in [1.82, 2.24) is 0 Å². The number of hydrogen-bond acceptors (Lipinski definition) is 4. The molecule has 0 saturated carbocycles. The summed E-state index contributed by atoms with van der Waals surface area (Å²) in [6, 6.07) is 3.04. The van der Waals surface area contributed by atoms with Gasteiger partial charge in [-0.1, -0.05) is 43.0 Å². The van der Waals surface area contributed by atoms with E-state index in [1.54, 1.807) is 25.1 Å². The summed E-state index contributed by atoms with van der Waals surface area (Å²) in [6.45, 7) is 8.55. The normalized spacial score (nSPS) is 14.3. The van der Waals surface area contributed by atoms with Gasteiger partial charge in [-0.2, -0.15) is 0 Å². The van der Waals surface area contributed by atoms with Crippen molar-refractivity contribution in [3.63, 3.8) is 0 Å². The van der Waals surface area contributed by atoms with E-state index in [9.17, 15) is 20.4 Å². The molecular weight excluding hydrogens is 316 g/mol. The summed E-state index contributed by atoms with van der Waals surface area (Å²) in [5, 5.41) is 40.0. The van der Waals surface area contributed by atoms with Crippen LogP contribution in [0.25, 0.3) is 0 Å². The molecule has 0 heterocycles. The Morgan fingerprint density at radius 1 is 1.30 bits per heavy atom. The largest absolute Gasteiger partial charge is 0.504 e. The Bertz CT molecular complexity index is 622. The summed E-state index contributed by atoms with van der Waals surface area (Å²) < 4.78 is 0. The van der Waals surface area contributed by atoms with Crippen molar-refractivity contribution in [3.05, 3.63) is 59.2 Å². The van der Waals surface area contributed by atoms with Crippen molar-refractivity contribution in [2.45, 2.75) is 25.2 Å². The molecule has 126 valence electrons. The summed E-state index contributed by atoms with van der Waals surface area (Å²) in [5.74, 6) is -0.578. The third-order valence-electron chi connectivity index (χ3n) is 3.98. The Balaban J connectivity index is 3.56. The van der Waals surface area contributed by atoms with Gasteiger partial charge in [-0.25, -0.2) is 0 Å². The third kappa shape index (κ3) is 4.16. The van der Waals surface area contributed by atoms with Gasteiger partial charge in [0.1, 0.15) is 0 Å². The first-order valence-corrected chi connectivity index (χ1v) is 7.61. The number of phenolic OH excluding ortho intramolecular Hbond substituents is 2. The molecule has 1 rings (SSSR count). The van der Waals surface area contributed by atoms with Gasteiger partial charge >= 0.3 is 0 Å². The number of aromatic hydroxyl groups is 2. The highest BCUT2D eigenvalue weighted by Crippen LogP contribution is 2.45. The molecule has 1 aromatic rings. The van der Waals surface area contributed by atoms with E-state index >= 15 is 0 Å². The number of hydrogen-bond donors (Lipinski definition) is 4. The number of rotatable bonds is 8. The number of aliphatic hydroxyl groups excluding tert-OH is 2. The lowest BCUT2D eigenvalue weighted by Crippen LogP contribution is -2.33. The zero-order valence-corrected chi connectivity index (χ0v) is 14.0. The average Bonchev–Trinajstić information content (AvgIpc) is 2.50. The number of aryl methyl sites for hydroxylation is 1. The average molecular weight is 339 g/mol. The predicted molar refractivity (Wildman–Crippen MR) is 92.9 cm³/mol. The molecular formula is C18H23ClO4. The molecule has 0 aliphatic heterocycles. The molecule has 0 saturated heterocycles. The summed E-state index contributed by atoms with van der Waals surface area (Å²) in [4.78, 5) is 0. The van der Waals surface area contributed by atoms with Gasteiger partial charge in [-0.05, 0) is 37.0 Å². The van der Waals surface area contributed by atoms with E-state index in [0.29, 0.717) is 16.7 Å². The van der Waals surface area contributed by atoms with Crippen molar-refractivity contribution in [2.75, 3.05) is 13.2 Å². The highest BCUT2D eigenvalue weighted by atomic mass is 35.5. The van der Waals surface area contributed by atoms with Crippen molar-refractivity contribution in [3.8, 4) is 11.5 Å². The second-order valence-corrected chi connectivity index (χ2v) is 6.00. The van der Waals surface area contributed by atoms with Crippen LogP contribution in [0.15, 0.2) is 48.0 Å². The van der Waals surface area contributed by atoms with Crippen LogP contribution < -0.4 is 0 Å². The minimum absolute atomic E-state index is 0.181. The Labute approximate surface area is 141 Å². The molecule has 1 unspecified atom stereocenters. The molecule has 0 aliphatic carbocycles. The molecule has 0 spiro atoms. The standard InChI is InChI=1S/C18H23ClO4/c1-4-5-14(13(3)19)10-18(11-21,8-9-20)16-12(2)6-7-15(22)17(16)23/h4-7,20-23H,1,3,8-11H2,2H3/b14-5-. The van der Waals surface area contributed by atoms with Crippen molar-refractivity contribution < 1.29 is 20.4 Å².